The molecule has 33 heavy (non-hydrogen) atoms. The third-order valence-electron chi connectivity index (χ3n) is 6.63. The van der Waals surface area contributed by atoms with Crippen molar-refractivity contribution in [2.24, 2.45) is 5.92 Å². The summed E-state index contributed by atoms with van der Waals surface area (Å²) < 4.78 is 20.1. The Morgan fingerprint density at radius 3 is 2.73 bits per heavy atom. The Kier molecular flexibility index (Phi) is 5.91. The average molecular weight is 449 g/mol. The number of hydrogen-bond acceptors (Lipinski definition) is 5. The molecule has 1 aliphatic heterocycles. The highest BCUT2D eigenvalue weighted by molar-refractivity contribution is 5.33. The van der Waals surface area contributed by atoms with Crippen molar-refractivity contribution in [2.75, 3.05) is 6.61 Å². The van der Waals surface area contributed by atoms with E-state index in [9.17, 15) is 9.59 Å². The predicted molar refractivity (Wildman–Crippen MR) is 123 cm³/mol. The van der Waals surface area contributed by atoms with Gasteiger partial charge in [-0.25, -0.2) is 4.79 Å². The maximum absolute atomic E-state index is 12.3. The molecule has 0 spiro atoms. The van der Waals surface area contributed by atoms with Crippen LogP contribution in [0.2, 0.25) is 0 Å². The van der Waals surface area contributed by atoms with Gasteiger partial charge in [-0.15, -0.1) is 0 Å². The summed E-state index contributed by atoms with van der Waals surface area (Å²) in [5.41, 5.74) is 1.41. The number of benzene rings is 2. The SMILES string of the molecule is Cc1cn(C2OC3(COCc4ccccc4OCc4ccccc4)CCC2C3)c(=O)[nH]c1=O. The summed E-state index contributed by atoms with van der Waals surface area (Å²) in [6, 6.07) is 18.0. The van der Waals surface area contributed by atoms with E-state index in [0.29, 0.717) is 25.4 Å². The highest BCUT2D eigenvalue weighted by Crippen LogP contribution is 2.52. The molecule has 3 unspecified atom stereocenters. The molecule has 2 bridgehead atoms. The van der Waals surface area contributed by atoms with Crippen molar-refractivity contribution in [3.05, 3.63) is 98.3 Å². The van der Waals surface area contributed by atoms with Crippen LogP contribution in [-0.4, -0.2) is 21.8 Å². The molecule has 5 rings (SSSR count). The number of ether oxygens (including phenoxy) is 3. The average Bonchev–Trinajstić information content (AvgIpc) is 3.40. The van der Waals surface area contributed by atoms with E-state index < -0.39 is 11.3 Å². The van der Waals surface area contributed by atoms with Crippen LogP contribution in [0.5, 0.6) is 5.75 Å². The molecule has 172 valence electrons. The van der Waals surface area contributed by atoms with Crippen LogP contribution in [0.1, 0.15) is 42.2 Å². The number of rotatable bonds is 8. The number of para-hydroxylation sites is 1. The van der Waals surface area contributed by atoms with Crippen LogP contribution in [-0.2, 0) is 22.7 Å². The first-order valence-electron chi connectivity index (χ1n) is 11.4. The minimum atomic E-state index is -0.427. The second-order valence-electron chi connectivity index (χ2n) is 9.05. The minimum absolute atomic E-state index is 0.234. The standard InChI is InChI=1S/C26H28N2O5/c1-18-14-28(25(30)27-23(18)29)24-20-11-12-26(13-20,33-24)17-31-16-21-9-5-6-10-22(21)32-15-19-7-3-2-4-8-19/h2-10,14,20,24H,11-13,15-17H2,1H3,(H,27,29,30). The van der Waals surface area contributed by atoms with Crippen molar-refractivity contribution >= 4 is 0 Å². The van der Waals surface area contributed by atoms with E-state index >= 15 is 0 Å². The Balaban J connectivity index is 1.22. The van der Waals surface area contributed by atoms with Gasteiger partial charge in [-0.2, -0.15) is 0 Å². The molecule has 3 aromatic rings. The predicted octanol–water partition coefficient (Wildman–Crippen LogP) is 3.71. The molecule has 1 saturated heterocycles. The van der Waals surface area contributed by atoms with Gasteiger partial charge in [-0.05, 0) is 37.8 Å². The second kappa shape index (κ2) is 9.00. The molecule has 0 radical (unpaired) electrons. The minimum Gasteiger partial charge on any atom is -0.489 e. The Labute approximate surface area is 191 Å². The fourth-order valence-corrected chi connectivity index (χ4v) is 4.90. The summed E-state index contributed by atoms with van der Waals surface area (Å²) in [6.07, 6.45) is 3.94. The van der Waals surface area contributed by atoms with Gasteiger partial charge in [0.15, 0.2) is 0 Å². The Morgan fingerprint density at radius 1 is 1.09 bits per heavy atom. The van der Waals surface area contributed by atoms with Crippen molar-refractivity contribution in [1.29, 1.82) is 0 Å². The first-order valence-corrected chi connectivity index (χ1v) is 11.4. The van der Waals surface area contributed by atoms with Crippen molar-refractivity contribution in [3.63, 3.8) is 0 Å². The van der Waals surface area contributed by atoms with Crippen molar-refractivity contribution in [2.45, 2.75) is 51.2 Å². The van der Waals surface area contributed by atoms with Gasteiger partial charge >= 0.3 is 5.69 Å². The highest BCUT2D eigenvalue weighted by atomic mass is 16.6. The number of H-pyrrole nitrogens is 1. The smallest absolute Gasteiger partial charge is 0.330 e. The van der Waals surface area contributed by atoms with Crippen LogP contribution in [0, 0.1) is 12.8 Å². The Bertz CT molecular complexity index is 1240. The molecular formula is C26H28N2O5. The van der Waals surface area contributed by atoms with Crippen LogP contribution < -0.4 is 16.0 Å². The molecule has 1 N–H and O–H groups in total. The normalized spacial score (nSPS) is 23.7. The van der Waals surface area contributed by atoms with Crippen molar-refractivity contribution in [3.8, 4) is 5.75 Å². The van der Waals surface area contributed by atoms with Crippen LogP contribution in [0.4, 0.5) is 0 Å². The van der Waals surface area contributed by atoms with Crippen LogP contribution in [0.25, 0.3) is 0 Å². The lowest BCUT2D eigenvalue weighted by molar-refractivity contribution is -0.139. The third-order valence-corrected chi connectivity index (χ3v) is 6.63. The van der Waals surface area contributed by atoms with Gasteiger partial charge in [0.1, 0.15) is 18.6 Å². The van der Waals surface area contributed by atoms with Crippen LogP contribution in [0.15, 0.2) is 70.4 Å². The maximum Gasteiger partial charge on any atom is 0.330 e. The Morgan fingerprint density at radius 2 is 1.88 bits per heavy atom. The lowest BCUT2D eigenvalue weighted by atomic mass is 10.0. The molecule has 2 heterocycles. The molecule has 1 saturated carbocycles. The lowest BCUT2D eigenvalue weighted by Crippen LogP contribution is -2.39. The van der Waals surface area contributed by atoms with Gasteiger partial charge in [-0.3, -0.25) is 14.3 Å². The molecule has 0 amide bonds. The zero-order valence-electron chi connectivity index (χ0n) is 18.7. The summed E-state index contributed by atoms with van der Waals surface area (Å²) in [4.78, 5) is 26.4. The molecule has 2 aromatic carbocycles. The summed E-state index contributed by atoms with van der Waals surface area (Å²) in [5.74, 6) is 1.04. The van der Waals surface area contributed by atoms with Gasteiger partial charge < -0.3 is 14.2 Å². The zero-order valence-corrected chi connectivity index (χ0v) is 18.7. The number of aromatic amines is 1. The molecule has 7 heteroatoms. The Hall–Kier alpha value is -3.16. The van der Waals surface area contributed by atoms with Gasteiger partial charge in [0, 0.05) is 23.2 Å². The molecule has 2 aliphatic rings. The van der Waals surface area contributed by atoms with E-state index in [-0.39, 0.29) is 17.7 Å². The molecule has 2 fully saturated rings. The van der Waals surface area contributed by atoms with E-state index in [4.69, 9.17) is 14.2 Å². The fraction of sp³-hybridized carbons (Fsp3) is 0.385. The van der Waals surface area contributed by atoms with Gasteiger partial charge in [0.25, 0.3) is 5.56 Å². The number of nitrogens with one attached hydrogen (secondary N) is 1. The van der Waals surface area contributed by atoms with Gasteiger partial charge in [0.05, 0.1) is 18.8 Å². The first-order chi connectivity index (χ1) is 16.0. The number of aromatic nitrogens is 2. The largest absolute Gasteiger partial charge is 0.489 e. The third kappa shape index (κ3) is 4.51. The summed E-state index contributed by atoms with van der Waals surface area (Å²) in [7, 11) is 0. The lowest BCUT2D eigenvalue weighted by Gasteiger charge is -2.31. The number of fused-ring (bicyclic) bond motifs is 2. The molecule has 7 nitrogen and oxygen atoms in total. The molecule has 1 aliphatic carbocycles. The molecule has 1 aromatic heterocycles. The number of nitrogens with zero attached hydrogens (tertiary/aromatic N) is 1. The van der Waals surface area contributed by atoms with Crippen molar-refractivity contribution in [1.82, 2.24) is 9.55 Å². The van der Waals surface area contributed by atoms with Crippen LogP contribution in [0.3, 0.4) is 0 Å². The van der Waals surface area contributed by atoms with Gasteiger partial charge in [-0.1, -0.05) is 48.5 Å². The quantitative estimate of drug-likeness (QED) is 0.568. The van der Waals surface area contributed by atoms with E-state index in [1.807, 2.05) is 54.6 Å². The molecule has 3 atom stereocenters. The first kappa shape index (κ1) is 21.7. The number of hydrogen-bond donors (Lipinski definition) is 1. The zero-order chi connectivity index (χ0) is 22.8. The summed E-state index contributed by atoms with van der Waals surface area (Å²) in [5, 5.41) is 0. The van der Waals surface area contributed by atoms with Gasteiger partial charge in [0.2, 0.25) is 0 Å². The van der Waals surface area contributed by atoms with E-state index in [2.05, 4.69) is 4.98 Å². The summed E-state index contributed by atoms with van der Waals surface area (Å²) in [6.45, 7) is 3.06. The highest BCUT2D eigenvalue weighted by Gasteiger charge is 2.53. The monoisotopic (exact) mass is 448 g/mol. The topological polar surface area (TPSA) is 82.6 Å². The number of aryl methyl sites for hydroxylation is 1. The maximum atomic E-state index is 12.3. The van der Waals surface area contributed by atoms with Crippen molar-refractivity contribution < 1.29 is 14.2 Å². The van der Waals surface area contributed by atoms with E-state index in [1.54, 1.807) is 13.1 Å². The summed E-state index contributed by atoms with van der Waals surface area (Å²) >= 11 is 0. The molecular weight excluding hydrogens is 420 g/mol. The van der Waals surface area contributed by atoms with Crippen LogP contribution >= 0.6 is 0 Å². The van der Waals surface area contributed by atoms with E-state index in [1.165, 1.54) is 4.57 Å². The van der Waals surface area contributed by atoms with E-state index in [0.717, 1.165) is 36.1 Å². The fourth-order valence-electron chi connectivity index (χ4n) is 4.90. The second-order valence-corrected chi connectivity index (χ2v) is 9.05.